The number of aromatic nitrogens is 2. The fourth-order valence-corrected chi connectivity index (χ4v) is 3.67. The summed E-state index contributed by atoms with van der Waals surface area (Å²) in [5, 5.41) is 11.5. The SMILES string of the molecule is Cc1cccc(C(=O)Nc2nnc(/N=C/c3ccc(Br)s3)s2)c1. The molecule has 0 spiro atoms. The summed E-state index contributed by atoms with van der Waals surface area (Å²) in [6, 6.07) is 11.3. The molecule has 0 saturated carbocycles. The van der Waals surface area contributed by atoms with Crippen molar-refractivity contribution in [1.82, 2.24) is 10.2 Å². The Kier molecular flexibility index (Phi) is 4.94. The van der Waals surface area contributed by atoms with Crippen LogP contribution in [0, 0.1) is 6.92 Å². The van der Waals surface area contributed by atoms with Crippen molar-refractivity contribution in [3.63, 3.8) is 0 Å². The smallest absolute Gasteiger partial charge is 0.257 e. The summed E-state index contributed by atoms with van der Waals surface area (Å²) in [7, 11) is 0. The van der Waals surface area contributed by atoms with Gasteiger partial charge < -0.3 is 0 Å². The molecule has 1 N–H and O–H groups in total. The number of carbonyl (C=O) groups excluding carboxylic acids is 1. The minimum atomic E-state index is -0.206. The molecule has 0 unspecified atom stereocenters. The molecule has 0 aliphatic heterocycles. The highest BCUT2D eigenvalue weighted by Crippen LogP contribution is 2.25. The van der Waals surface area contributed by atoms with E-state index < -0.39 is 0 Å². The van der Waals surface area contributed by atoms with Crippen molar-refractivity contribution in [2.45, 2.75) is 6.92 Å². The Bertz CT molecular complexity index is 872. The van der Waals surface area contributed by atoms with Crippen molar-refractivity contribution >= 4 is 61.0 Å². The van der Waals surface area contributed by atoms with Crippen LogP contribution in [0.15, 0.2) is 45.2 Å². The van der Waals surface area contributed by atoms with Gasteiger partial charge in [0.1, 0.15) is 0 Å². The second-order valence-electron chi connectivity index (χ2n) is 4.61. The lowest BCUT2D eigenvalue weighted by Crippen LogP contribution is -2.11. The number of aliphatic imine (C=N–C) groups is 1. The molecular weight excluding hydrogens is 396 g/mol. The molecule has 0 bridgehead atoms. The van der Waals surface area contributed by atoms with E-state index in [0.717, 1.165) is 14.2 Å². The first-order valence-electron chi connectivity index (χ1n) is 6.61. The molecule has 2 heterocycles. The van der Waals surface area contributed by atoms with Crippen LogP contribution in [-0.4, -0.2) is 22.3 Å². The third-order valence-electron chi connectivity index (χ3n) is 2.81. The maximum absolute atomic E-state index is 12.1. The maximum atomic E-state index is 12.1. The van der Waals surface area contributed by atoms with Gasteiger partial charge in [0.2, 0.25) is 10.3 Å². The summed E-state index contributed by atoms with van der Waals surface area (Å²) >= 11 is 6.20. The van der Waals surface area contributed by atoms with Crippen molar-refractivity contribution < 1.29 is 4.79 Å². The summed E-state index contributed by atoms with van der Waals surface area (Å²) < 4.78 is 1.04. The summed E-state index contributed by atoms with van der Waals surface area (Å²) in [4.78, 5) is 17.4. The normalized spacial score (nSPS) is 11.0. The maximum Gasteiger partial charge on any atom is 0.257 e. The van der Waals surface area contributed by atoms with E-state index in [1.54, 1.807) is 23.6 Å². The van der Waals surface area contributed by atoms with Crippen LogP contribution in [0.4, 0.5) is 10.3 Å². The number of thiophene rings is 1. The minimum Gasteiger partial charge on any atom is -0.296 e. The van der Waals surface area contributed by atoms with Crippen LogP contribution in [0.1, 0.15) is 20.8 Å². The van der Waals surface area contributed by atoms with E-state index in [1.165, 1.54) is 11.3 Å². The number of anilines is 1. The number of rotatable bonds is 4. The molecule has 5 nitrogen and oxygen atoms in total. The minimum absolute atomic E-state index is 0.206. The molecule has 1 amide bonds. The molecule has 3 aromatic rings. The Hall–Kier alpha value is -1.90. The molecule has 116 valence electrons. The molecule has 0 radical (unpaired) electrons. The van der Waals surface area contributed by atoms with Gasteiger partial charge in [0.15, 0.2) is 0 Å². The summed E-state index contributed by atoms with van der Waals surface area (Å²) in [5.74, 6) is -0.206. The quantitative estimate of drug-likeness (QED) is 0.639. The largest absolute Gasteiger partial charge is 0.296 e. The molecule has 0 aliphatic carbocycles. The predicted octanol–water partition coefficient (Wildman–Crippen LogP) is 4.67. The van der Waals surface area contributed by atoms with E-state index in [-0.39, 0.29) is 5.91 Å². The van der Waals surface area contributed by atoms with E-state index in [1.807, 2.05) is 37.3 Å². The van der Waals surface area contributed by atoms with Gasteiger partial charge >= 0.3 is 0 Å². The molecule has 0 saturated heterocycles. The van der Waals surface area contributed by atoms with Gasteiger partial charge in [-0.1, -0.05) is 29.0 Å². The van der Waals surface area contributed by atoms with E-state index in [9.17, 15) is 4.79 Å². The standard InChI is InChI=1S/C15H11BrN4OS2/c1-9-3-2-4-10(7-9)13(21)18-15-20-19-14(23-15)17-8-11-5-6-12(16)22-11/h2-8H,1H3,(H,18,20,21)/b17-8+. The number of hydrogen-bond donors (Lipinski definition) is 1. The van der Waals surface area contributed by atoms with Gasteiger partial charge in [-0.05, 0) is 47.1 Å². The molecule has 2 aromatic heterocycles. The van der Waals surface area contributed by atoms with Crippen LogP contribution < -0.4 is 5.32 Å². The number of aryl methyl sites for hydroxylation is 1. The van der Waals surface area contributed by atoms with Crippen LogP contribution >= 0.6 is 38.6 Å². The molecule has 0 aliphatic rings. The number of benzene rings is 1. The van der Waals surface area contributed by atoms with Gasteiger partial charge in [-0.3, -0.25) is 10.1 Å². The lowest BCUT2D eigenvalue weighted by molar-refractivity contribution is 0.102. The first kappa shape index (κ1) is 16.0. The third-order valence-corrected chi connectivity index (χ3v) is 5.12. The zero-order valence-electron chi connectivity index (χ0n) is 12.0. The van der Waals surface area contributed by atoms with E-state index in [2.05, 4.69) is 36.4 Å². The number of amides is 1. The molecule has 1 aromatic carbocycles. The lowest BCUT2D eigenvalue weighted by Gasteiger charge is -2.01. The second kappa shape index (κ2) is 7.12. The van der Waals surface area contributed by atoms with Crippen molar-refractivity contribution in [3.05, 3.63) is 56.2 Å². The Morgan fingerprint density at radius 1 is 1.26 bits per heavy atom. The summed E-state index contributed by atoms with van der Waals surface area (Å²) in [6.45, 7) is 1.94. The topological polar surface area (TPSA) is 67.2 Å². The number of nitrogens with one attached hydrogen (secondary N) is 1. The first-order valence-corrected chi connectivity index (χ1v) is 9.04. The summed E-state index contributed by atoms with van der Waals surface area (Å²) in [6.07, 6.45) is 1.72. The van der Waals surface area contributed by atoms with Crippen molar-refractivity contribution in [3.8, 4) is 0 Å². The van der Waals surface area contributed by atoms with Gasteiger partial charge in [0, 0.05) is 16.7 Å². The Labute approximate surface area is 149 Å². The Morgan fingerprint density at radius 3 is 2.87 bits per heavy atom. The highest BCUT2D eigenvalue weighted by atomic mass is 79.9. The molecule has 0 fully saturated rings. The molecule has 8 heteroatoms. The molecule has 23 heavy (non-hydrogen) atoms. The number of halogens is 1. The van der Waals surface area contributed by atoms with E-state index >= 15 is 0 Å². The fourth-order valence-electron chi connectivity index (χ4n) is 1.79. The Morgan fingerprint density at radius 2 is 2.13 bits per heavy atom. The number of hydrogen-bond acceptors (Lipinski definition) is 6. The highest BCUT2D eigenvalue weighted by Gasteiger charge is 2.09. The van der Waals surface area contributed by atoms with Gasteiger partial charge in [-0.15, -0.1) is 21.5 Å². The summed E-state index contributed by atoms with van der Waals surface area (Å²) in [5.41, 5.74) is 1.62. The first-order chi connectivity index (χ1) is 11.1. The van der Waals surface area contributed by atoms with E-state index in [0.29, 0.717) is 15.8 Å². The zero-order valence-corrected chi connectivity index (χ0v) is 15.2. The van der Waals surface area contributed by atoms with Crippen LogP contribution in [0.2, 0.25) is 0 Å². The Balaban J connectivity index is 1.67. The number of nitrogens with zero attached hydrogens (tertiary/aromatic N) is 3. The third kappa shape index (κ3) is 4.31. The van der Waals surface area contributed by atoms with Crippen LogP contribution in [0.25, 0.3) is 0 Å². The molecule has 0 atom stereocenters. The molecular formula is C15H11BrN4OS2. The average molecular weight is 407 g/mol. The van der Waals surface area contributed by atoms with Gasteiger partial charge in [0.25, 0.3) is 5.91 Å². The van der Waals surface area contributed by atoms with Crippen LogP contribution in [-0.2, 0) is 0 Å². The van der Waals surface area contributed by atoms with Crippen molar-refractivity contribution in [2.24, 2.45) is 4.99 Å². The van der Waals surface area contributed by atoms with Gasteiger partial charge in [-0.25, -0.2) is 4.99 Å². The van der Waals surface area contributed by atoms with Gasteiger partial charge in [0.05, 0.1) is 3.79 Å². The highest BCUT2D eigenvalue weighted by molar-refractivity contribution is 9.11. The number of carbonyl (C=O) groups is 1. The monoisotopic (exact) mass is 406 g/mol. The van der Waals surface area contributed by atoms with Crippen molar-refractivity contribution in [1.29, 1.82) is 0 Å². The second-order valence-corrected chi connectivity index (χ2v) is 8.06. The fraction of sp³-hybridized carbons (Fsp3) is 0.0667. The zero-order chi connectivity index (χ0) is 16.2. The molecule has 3 rings (SSSR count). The van der Waals surface area contributed by atoms with Crippen molar-refractivity contribution in [2.75, 3.05) is 5.32 Å². The average Bonchev–Trinajstić information content (AvgIpc) is 3.14. The van der Waals surface area contributed by atoms with E-state index in [4.69, 9.17) is 0 Å². The lowest BCUT2D eigenvalue weighted by atomic mass is 10.1. The van der Waals surface area contributed by atoms with Gasteiger partial charge in [-0.2, -0.15) is 0 Å². The van der Waals surface area contributed by atoms with Crippen LogP contribution in [0.3, 0.4) is 0 Å². The predicted molar refractivity (Wildman–Crippen MR) is 98.3 cm³/mol. The van der Waals surface area contributed by atoms with Crippen LogP contribution in [0.5, 0.6) is 0 Å².